The summed E-state index contributed by atoms with van der Waals surface area (Å²) in [5.41, 5.74) is 7.90. The zero-order chi connectivity index (χ0) is 13.8. The van der Waals surface area contributed by atoms with Crippen molar-refractivity contribution in [2.24, 2.45) is 5.73 Å². The Bertz CT molecular complexity index is 419. The molecule has 1 fully saturated rings. The highest BCUT2D eigenvalue weighted by Crippen LogP contribution is 2.31. The minimum absolute atomic E-state index is 0.102. The van der Waals surface area contributed by atoms with Crippen molar-refractivity contribution < 1.29 is 4.39 Å². The van der Waals surface area contributed by atoms with Crippen LogP contribution in [0.2, 0.25) is 0 Å². The van der Waals surface area contributed by atoms with E-state index in [9.17, 15) is 4.39 Å². The molecule has 106 valence electrons. The van der Waals surface area contributed by atoms with Crippen LogP contribution in [-0.2, 0) is 6.42 Å². The van der Waals surface area contributed by atoms with E-state index in [-0.39, 0.29) is 11.9 Å². The first-order chi connectivity index (χ1) is 9.13. The second-order valence-corrected chi connectivity index (χ2v) is 5.66. The number of piperidine rings is 1. The lowest BCUT2D eigenvalue weighted by Gasteiger charge is -2.37. The van der Waals surface area contributed by atoms with Gasteiger partial charge in [0.15, 0.2) is 0 Å². The first kappa shape index (κ1) is 14.3. The molecule has 1 heterocycles. The van der Waals surface area contributed by atoms with Crippen molar-refractivity contribution in [3.05, 3.63) is 29.6 Å². The number of hydrogen-bond acceptors (Lipinski definition) is 2. The third-order valence-corrected chi connectivity index (χ3v) is 4.17. The van der Waals surface area contributed by atoms with Gasteiger partial charge in [-0.15, -0.1) is 0 Å². The molecule has 3 heteroatoms. The normalized spacial score (nSPS) is 21.5. The van der Waals surface area contributed by atoms with Gasteiger partial charge in [0.05, 0.1) is 5.69 Å². The van der Waals surface area contributed by atoms with Crippen LogP contribution in [0.3, 0.4) is 0 Å². The molecule has 2 unspecified atom stereocenters. The Morgan fingerprint density at radius 3 is 2.89 bits per heavy atom. The first-order valence-electron chi connectivity index (χ1n) is 7.43. The lowest BCUT2D eigenvalue weighted by molar-refractivity contribution is 0.473. The molecule has 0 spiro atoms. The molecule has 2 N–H and O–H groups in total. The SMILES string of the molecule is CCC(N)Cc1cccc(F)c1N1CCCCC1C. The Hall–Kier alpha value is -1.09. The molecule has 0 bridgehead atoms. The summed E-state index contributed by atoms with van der Waals surface area (Å²) in [5, 5.41) is 0. The van der Waals surface area contributed by atoms with Crippen LogP contribution in [0.1, 0.15) is 45.1 Å². The van der Waals surface area contributed by atoms with Gasteiger partial charge in [-0.3, -0.25) is 0 Å². The summed E-state index contributed by atoms with van der Waals surface area (Å²) in [7, 11) is 0. The summed E-state index contributed by atoms with van der Waals surface area (Å²) in [4.78, 5) is 2.23. The lowest BCUT2D eigenvalue weighted by atomic mass is 9.97. The van der Waals surface area contributed by atoms with E-state index in [1.807, 2.05) is 6.07 Å². The topological polar surface area (TPSA) is 29.3 Å². The predicted octanol–water partition coefficient (Wildman–Crippen LogP) is 3.48. The Morgan fingerprint density at radius 1 is 1.42 bits per heavy atom. The molecule has 19 heavy (non-hydrogen) atoms. The Labute approximate surface area is 115 Å². The van der Waals surface area contributed by atoms with Crippen molar-refractivity contribution >= 4 is 5.69 Å². The van der Waals surface area contributed by atoms with Crippen molar-refractivity contribution in [1.82, 2.24) is 0 Å². The van der Waals surface area contributed by atoms with E-state index in [0.29, 0.717) is 6.04 Å². The molecule has 1 aliphatic rings. The van der Waals surface area contributed by atoms with E-state index in [0.717, 1.165) is 43.5 Å². The van der Waals surface area contributed by atoms with Gasteiger partial charge in [-0.2, -0.15) is 0 Å². The minimum Gasteiger partial charge on any atom is -0.366 e. The summed E-state index contributed by atoms with van der Waals surface area (Å²) < 4.78 is 14.3. The van der Waals surface area contributed by atoms with Gasteiger partial charge >= 0.3 is 0 Å². The molecule has 1 saturated heterocycles. The van der Waals surface area contributed by atoms with Crippen molar-refractivity contribution in [3.8, 4) is 0 Å². The summed E-state index contributed by atoms with van der Waals surface area (Å²) in [6.07, 6.45) is 5.22. The summed E-state index contributed by atoms with van der Waals surface area (Å²) in [6.45, 7) is 5.22. The van der Waals surface area contributed by atoms with Crippen LogP contribution < -0.4 is 10.6 Å². The Kier molecular flexibility index (Phi) is 4.81. The minimum atomic E-state index is -0.102. The molecule has 0 saturated carbocycles. The van der Waals surface area contributed by atoms with Gasteiger partial charge in [0.2, 0.25) is 0 Å². The van der Waals surface area contributed by atoms with Gasteiger partial charge in [-0.05, 0) is 50.7 Å². The van der Waals surface area contributed by atoms with E-state index in [1.54, 1.807) is 12.1 Å². The second-order valence-electron chi connectivity index (χ2n) is 5.66. The van der Waals surface area contributed by atoms with Crippen molar-refractivity contribution in [2.45, 2.75) is 58.0 Å². The van der Waals surface area contributed by atoms with Gasteiger partial charge < -0.3 is 10.6 Å². The van der Waals surface area contributed by atoms with Gasteiger partial charge in [-0.1, -0.05) is 19.1 Å². The third kappa shape index (κ3) is 3.27. The van der Waals surface area contributed by atoms with Crippen molar-refractivity contribution in [3.63, 3.8) is 0 Å². The van der Waals surface area contributed by atoms with Gasteiger partial charge in [0, 0.05) is 18.6 Å². The lowest BCUT2D eigenvalue weighted by Crippen LogP contribution is -2.39. The van der Waals surface area contributed by atoms with Gasteiger partial charge in [0.25, 0.3) is 0 Å². The largest absolute Gasteiger partial charge is 0.366 e. The number of hydrogen-bond donors (Lipinski definition) is 1. The van der Waals surface area contributed by atoms with E-state index in [2.05, 4.69) is 18.7 Å². The first-order valence-corrected chi connectivity index (χ1v) is 7.43. The molecule has 0 amide bonds. The third-order valence-electron chi connectivity index (χ3n) is 4.17. The fraction of sp³-hybridized carbons (Fsp3) is 0.625. The molecular weight excluding hydrogens is 239 g/mol. The van der Waals surface area contributed by atoms with E-state index in [1.165, 1.54) is 6.42 Å². The molecule has 1 aromatic rings. The predicted molar refractivity (Wildman–Crippen MR) is 79.0 cm³/mol. The number of nitrogens with zero attached hydrogens (tertiary/aromatic N) is 1. The molecule has 0 aromatic heterocycles. The van der Waals surface area contributed by atoms with Crippen LogP contribution in [0.4, 0.5) is 10.1 Å². The Balaban J connectivity index is 2.31. The number of para-hydroxylation sites is 1. The molecule has 2 nitrogen and oxygen atoms in total. The van der Waals surface area contributed by atoms with Gasteiger partial charge in [0.1, 0.15) is 5.82 Å². The highest BCUT2D eigenvalue weighted by Gasteiger charge is 2.24. The maximum atomic E-state index is 14.3. The summed E-state index contributed by atoms with van der Waals surface area (Å²) >= 11 is 0. The van der Waals surface area contributed by atoms with Crippen LogP contribution in [-0.4, -0.2) is 18.6 Å². The van der Waals surface area contributed by atoms with Crippen molar-refractivity contribution in [2.75, 3.05) is 11.4 Å². The molecule has 1 aliphatic heterocycles. The monoisotopic (exact) mass is 264 g/mol. The van der Waals surface area contributed by atoms with Crippen LogP contribution in [0, 0.1) is 5.82 Å². The number of nitrogens with two attached hydrogens (primary N) is 1. The number of anilines is 1. The highest BCUT2D eigenvalue weighted by atomic mass is 19.1. The van der Waals surface area contributed by atoms with Gasteiger partial charge in [-0.25, -0.2) is 4.39 Å². The molecule has 0 radical (unpaired) electrons. The molecule has 2 atom stereocenters. The standard InChI is InChI=1S/C16H25FN2/c1-3-14(18)11-13-8-6-9-15(17)16(13)19-10-5-4-7-12(19)2/h6,8-9,12,14H,3-5,7,10-11,18H2,1-2H3. The number of benzene rings is 1. The maximum absolute atomic E-state index is 14.3. The van der Waals surface area contributed by atoms with E-state index in [4.69, 9.17) is 5.73 Å². The quantitative estimate of drug-likeness (QED) is 0.902. The maximum Gasteiger partial charge on any atom is 0.146 e. The molecule has 0 aliphatic carbocycles. The number of halogens is 1. The second kappa shape index (κ2) is 6.38. The van der Waals surface area contributed by atoms with Crippen LogP contribution >= 0.6 is 0 Å². The summed E-state index contributed by atoms with van der Waals surface area (Å²) in [5.74, 6) is -0.102. The number of rotatable bonds is 4. The zero-order valence-electron chi connectivity index (χ0n) is 12.0. The molecule has 2 rings (SSSR count). The average molecular weight is 264 g/mol. The highest BCUT2D eigenvalue weighted by molar-refractivity contribution is 5.56. The molecule has 1 aromatic carbocycles. The van der Waals surface area contributed by atoms with E-state index < -0.39 is 0 Å². The molecular formula is C16H25FN2. The smallest absolute Gasteiger partial charge is 0.146 e. The fourth-order valence-corrected chi connectivity index (χ4v) is 2.90. The fourth-order valence-electron chi connectivity index (χ4n) is 2.90. The van der Waals surface area contributed by atoms with Crippen LogP contribution in [0.25, 0.3) is 0 Å². The van der Waals surface area contributed by atoms with Crippen LogP contribution in [0.15, 0.2) is 18.2 Å². The summed E-state index contributed by atoms with van der Waals surface area (Å²) in [6, 6.07) is 5.92. The van der Waals surface area contributed by atoms with Crippen LogP contribution in [0.5, 0.6) is 0 Å². The van der Waals surface area contributed by atoms with Crippen molar-refractivity contribution in [1.29, 1.82) is 0 Å². The zero-order valence-corrected chi connectivity index (χ0v) is 12.0. The Morgan fingerprint density at radius 2 is 2.21 bits per heavy atom. The van der Waals surface area contributed by atoms with E-state index >= 15 is 0 Å². The average Bonchev–Trinajstić information content (AvgIpc) is 2.40.